The van der Waals surface area contributed by atoms with Crippen LogP contribution in [0.5, 0.6) is 5.75 Å². The van der Waals surface area contributed by atoms with Gasteiger partial charge in [-0.15, -0.1) is 0 Å². The van der Waals surface area contributed by atoms with Gasteiger partial charge in [-0.1, -0.05) is 34.8 Å². The Morgan fingerprint density at radius 2 is 1.75 bits per heavy atom. The van der Waals surface area contributed by atoms with Gasteiger partial charge in [0, 0.05) is 6.07 Å². The Balaban J connectivity index is 2.89. The Kier molecular flexibility index (Phi) is 4.71. The molecule has 88 valence electrons. The Hall–Kier alpha value is -0.640. The predicted molar refractivity (Wildman–Crippen MR) is 63.6 cm³/mol. The Labute approximate surface area is 108 Å². The van der Waals surface area contributed by atoms with Crippen molar-refractivity contribution in [2.24, 2.45) is 0 Å². The maximum absolute atomic E-state index is 11.1. The summed E-state index contributed by atoms with van der Waals surface area (Å²) in [4.78, 5) is 11.1. The Morgan fingerprint density at radius 1 is 1.19 bits per heavy atom. The quantitative estimate of drug-likeness (QED) is 0.628. The fourth-order valence-electron chi connectivity index (χ4n) is 0.999. The molecule has 0 unspecified atom stereocenters. The summed E-state index contributed by atoms with van der Waals surface area (Å²) < 4.78 is 9.80. The van der Waals surface area contributed by atoms with Crippen molar-refractivity contribution in [1.82, 2.24) is 0 Å². The lowest BCUT2D eigenvalue weighted by Crippen LogP contribution is -2.25. The van der Waals surface area contributed by atoms with E-state index in [1.54, 1.807) is 6.92 Å². The first kappa shape index (κ1) is 13.4. The minimum Gasteiger partial charge on any atom is -0.477 e. The number of carbonyl (C=O) groups is 1. The molecule has 0 aliphatic carbocycles. The number of halogens is 3. The zero-order valence-electron chi connectivity index (χ0n) is 8.59. The second kappa shape index (κ2) is 5.62. The van der Waals surface area contributed by atoms with Gasteiger partial charge in [-0.25, -0.2) is 4.79 Å². The molecule has 0 bridgehead atoms. The zero-order valence-corrected chi connectivity index (χ0v) is 10.9. The van der Waals surface area contributed by atoms with Crippen LogP contribution in [0.3, 0.4) is 0 Å². The van der Waals surface area contributed by atoms with E-state index >= 15 is 0 Å². The summed E-state index contributed by atoms with van der Waals surface area (Å²) in [5.74, 6) is -0.212. The average Bonchev–Trinajstić information content (AvgIpc) is 2.24. The van der Waals surface area contributed by atoms with Crippen molar-refractivity contribution < 1.29 is 14.3 Å². The highest BCUT2D eigenvalue weighted by Crippen LogP contribution is 2.34. The minimum atomic E-state index is -0.764. The van der Waals surface area contributed by atoms with Crippen LogP contribution in [0, 0.1) is 0 Å². The largest absolute Gasteiger partial charge is 0.477 e. The van der Waals surface area contributed by atoms with Crippen molar-refractivity contribution in [2.75, 3.05) is 7.11 Å². The maximum Gasteiger partial charge on any atom is 0.346 e. The summed E-state index contributed by atoms with van der Waals surface area (Å²) in [6.45, 7) is 1.55. The van der Waals surface area contributed by atoms with Crippen molar-refractivity contribution in [3.63, 3.8) is 0 Å². The highest BCUT2D eigenvalue weighted by atomic mass is 35.5. The van der Waals surface area contributed by atoms with Gasteiger partial charge in [0.05, 0.1) is 22.2 Å². The lowest BCUT2D eigenvalue weighted by Gasteiger charge is -2.14. The summed E-state index contributed by atoms with van der Waals surface area (Å²) in [7, 11) is 1.28. The van der Waals surface area contributed by atoms with Gasteiger partial charge in [-0.2, -0.15) is 0 Å². The molecular formula is C10H9Cl3O3. The van der Waals surface area contributed by atoms with Gasteiger partial charge >= 0.3 is 5.97 Å². The third-order valence-electron chi connectivity index (χ3n) is 1.81. The van der Waals surface area contributed by atoms with E-state index in [-0.39, 0.29) is 10.8 Å². The summed E-state index contributed by atoms with van der Waals surface area (Å²) in [6, 6.07) is 2.90. The molecule has 0 radical (unpaired) electrons. The van der Waals surface area contributed by atoms with E-state index in [1.807, 2.05) is 0 Å². The van der Waals surface area contributed by atoms with Gasteiger partial charge in [-0.3, -0.25) is 0 Å². The van der Waals surface area contributed by atoms with Crippen LogP contribution in [0.1, 0.15) is 6.92 Å². The number of hydrogen-bond donors (Lipinski definition) is 0. The van der Waals surface area contributed by atoms with E-state index in [0.29, 0.717) is 10.0 Å². The smallest absolute Gasteiger partial charge is 0.346 e. The summed E-state index contributed by atoms with van der Waals surface area (Å²) >= 11 is 17.4. The molecule has 0 heterocycles. The van der Waals surface area contributed by atoms with E-state index in [1.165, 1.54) is 19.2 Å². The molecule has 1 aromatic rings. The highest BCUT2D eigenvalue weighted by Gasteiger charge is 2.17. The molecule has 0 N–H and O–H groups in total. The normalized spacial score (nSPS) is 12.1. The van der Waals surface area contributed by atoms with E-state index in [2.05, 4.69) is 4.74 Å². The van der Waals surface area contributed by atoms with Crippen molar-refractivity contribution in [2.45, 2.75) is 13.0 Å². The van der Waals surface area contributed by atoms with Gasteiger partial charge in [0.15, 0.2) is 6.10 Å². The van der Waals surface area contributed by atoms with Gasteiger partial charge in [0.25, 0.3) is 0 Å². The first-order valence-corrected chi connectivity index (χ1v) is 5.48. The van der Waals surface area contributed by atoms with Crippen LogP contribution in [0.2, 0.25) is 15.1 Å². The fourth-order valence-corrected chi connectivity index (χ4v) is 1.58. The van der Waals surface area contributed by atoms with Crippen LogP contribution < -0.4 is 4.74 Å². The number of methoxy groups -OCH3 is 1. The predicted octanol–water partition coefficient (Wildman–Crippen LogP) is 3.59. The molecule has 16 heavy (non-hydrogen) atoms. The molecule has 0 amide bonds. The first-order valence-electron chi connectivity index (χ1n) is 4.34. The summed E-state index contributed by atoms with van der Waals surface area (Å²) in [6.07, 6.45) is -0.764. The molecule has 0 aliphatic rings. The van der Waals surface area contributed by atoms with Crippen molar-refractivity contribution in [1.29, 1.82) is 0 Å². The molecule has 3 nitrogen and oxygen atoms in total. The van der Waals surface area contributed by atoms with Crippen molar-refractivity contribution in [3.05, 3.63) is 27.2 Å². The monoisotopic (exact) mass is 282 g/mol. The Bertz CT molecular complexity index is 407. The van der Waals surface area contributed by atoms with Crippen LogP contribution in [-0.4, -0.2) is 19.2 Å². The van der Waals surface area contributed by atoms with E-state index in [0.717, 1.165) is 0 Å². The van der Waals surface area contributed by atoms with Crippen LogP contribution >= 0.6 is 34.8 Å². The topological polar surface area (TPSA) is 35.5 Å². The molecule has 1 atom stereocenters. The van der Waals surface area contributed by atoms with Crippen LogP contribution in [0.4, 0.5) is 0 Å². The number of carbonyl (C=O) groups excluding carboxylic acids is 1. The van der Waals surface area contributed by atoms with Gasteiger partial charge in [0.1, 0.15) is 5.75 Å². The second-order valence-electron chi connectivity index (χ2n) is 2.98. The SMILES string of the molecule is COC(=O)[C@H](C)Oc1cc(Cl)c(Cl)cc1Cl. The van der Waals surface area contributed by atoms with Gasteiger partial charge in [-0.05, 0) is 13.0 Å². The maximum atomic E-state index is 11.1. The Morgan fingerprint density at radius 3 is 2.31 bits per heavy atom. The van der Waals surface area contributed by atoms with Crippen LogP contribution in [0.25, 0.3) is 0 Å². The molecular weight excluding hydrogens is 274 g/mol. The third kappa shape index (κ3) is 3.17. The number of rotatable bonds is 3. The molecule has 0 saturated heterocycles. The zero-order chi connectivity index (χ0) is 12.3. The molecule has 1 aromatic carbocycles. The lowest BCUT2D eigenvalue weighted by atomic mass is 10.3. The molecule has 0 spiro atoms. The lowest BCUT2D eigenvalue weighted by molar-refractivity contribution is -0.147. The molecule has 6 heteroatoms. The summed E-state index contributed by atoms with van der Waals surface area (Å²) in [5, 5.41) is 0.910. The fraction of sp³-hybridized carbons (Fsp3) is 0.300. The van der Waals surface area contributed by atoms with Gasteiger partial charge in [0.2, 0.25) is 0 Å². The number of esters is 1. The summed E-state index contributed by atoms with van der Waals surface area (Å²) in [5.41, 5.74) is 0. The molecule has 0 aliphatic heterocycles. The van der Waals surface area contributed by atoms with E-state index in [4.69, 9.17) is 39.5 Å². The van der Waals surface area contributed by atoms with Gasteiger partial charge < -0.3 is 9.47 Å². The number of ether oxygens (including phenoxy) is 2. The number of hydrogen-bond acceptors (Lipinski definition) is 3. The van der Waals surface area contributed by atoms with Crippen molar-refractivity contribution >= 4 is 40.8 Å². The first-order chi connectivity index (χ1) is 7.45. The average molecular weight is 284 g/mol. The van der Waals surface area contributed by atoms with Crippen LogP contribution in [0.15, 0.2) is 12.1 Å². The minimum absolute atomic E-state index is 0.283. The van der Waals surface area contributed by atoms with Crippen LogP contribution in [-0.2, 0) is 9.53 Å². The number of benzene rings is 1. The van der Waals surface area contributed by atoms with E-state index < -0.39 is 12.1 Å². The van der Waals surface area contributed by atoms with E-state index in [9.17, 15) is 4.79 Å². The highest BCUT2D eigenvalue weighted by molar-refractivity contribution is 6.43. The molecule has 0 saturated carbocycles. The standard InChI is InChI=1S/C10H9Cl3O3/c1-5(10(14)15-2)16-9-4-7(12)6(11)3-8(9)13/h3-5H,1-2H3/t5-/m0/s1. The molecule has 0 aromatic heterocycles. The molecule has 1 rings (SSSR count). The second-order valence-corrected chi connectivity index (χ2v) is 4.20. The third-order valence-corrected chi connectivity index (χ3v) is 2.83. The molecule has 0 fully saturated rings. The van der Waals surface area contributed by atoms with Crippen molar-refractivity contribution in [3.8, 4) is 5.75 Å².